The monoisotopic (exact) mass is 913 g/mol. The Morgan fingerprint density at radius 3 is 2.18 bits per heavy atom. The van der Waals surface area contributed by atoms with Gasteiger partial charge in [-0.05, 0) is 86.3 Å². The number of phenolic OH excluding ortho intramolecular Hbond substituents is 1. The average Bonchev–Trinajstić information content (AvgIpc) is 3.84. The number of aryl methyl sites for hydroxylation is 2. The van der Waals surface area contributed by atoms with Crippen molar-refractivity contribution in [2.24, 2.45) is 11.5 Å². The number of aromatic nitrogens is 4. The number of H-pyrrole nitrogens is 1. The van der Waals surface area contributed by atoms with E-state index in [1.807, 2.05) is 79.5 Å². The number of carboxylic acids is 2. The minimum absolute atomic E-state index is 0.160. The SMILES string of the molecule is CCCCN1c2ccccc2Sc2ccc(Cl)cc21.Cc1ccc(-c2cn3c(O)c(C)nc3cn2)cc1.NC(Cc1c[nH]c2ccccc12)C(=O)O.NC(Cc1ccc(O)cc1)C(=O)O. The Morgan fingerprint density at radius 2 is 1.48 bits per heavy atom. The third-order valence-electron chi connectivity index (χ3n) is 10.5. The first kappa shape index (κ1) is 47.6. The molecule has 0 radical (unpaired) electrons. The van der Waals surface area contributed by atoms with Crippen LogP contribution in [0.15, 0.2) is 144 Å². The van der Waals surface area contributed by atoms with E-state index in [2.05, 4.69) is 63.2 Å². The van der Waals surface area contributed by atoms with E-state index in [-0.39, 0.29) is 18.1 Å². The molecule has 3 aromatic heterocycles. The van der Waals surface area contributed by atoms with Gasteiger partial charge in [0.15, 0.2) is 5.65 Å². The molecule has 0 spiro atoms. The lowest BCUT2D eigenvalue weighted by Crippen LogP contribution is -2.32. The standard InChI is InChI=1S/C16H16ClNS.C14H13N3O.C11H12N2O2.C9H11NO3/c1-2-3-10-18-13-6-4-5-7-15(13)19-16-9-8-12(17)11-14(16)18;1-9-3-5-11(6-4-9)12-8-17-13(7-15-12)16-10(2)14(17)18;12-9(11(14)15)5-7-6-13-10-4-2-1-3-8(7)10;10-8(9(12)13)5-6-1-3-7(11)4-2-6/h4-9,11H,2-3,10H2,1H3;3-8,18H,1-2H3;1-4,6,9,13H,5,12H2,(H,14,15);1-4,8,11H,5,10H2,(H,12,13). The molecule has 1 aliphatic heterocycles. The first-order valence-corrected chi connectivity index (χ1v) is 22.2. The van der Waals surface area contributed by atoms with Gasteiger partial charge in [0, 0.05) is 56.6 Å². The van der Waals surface area contributed by atoms with E-state index in [4.69, 9.17) is 38.4 Å². The second-order valence-electron chi connectivity index (χ2n) is 15.4. The van der Waals surface area contributed by atoms with Crippen LogP contribution in [0, 0.1) is 13.8 Å². The molecule has 8 aromatic rings. The molecule has 65 heavy (non-hydrogen) atoms. The molecule has 4 heterocycles. The Bertz CT molecular complexity index is 2870. The molecule has 9 N–H and O–H groups in total. The zero-order valence-corrected chi connectivity index (χ0v) is 37.8. The number of rotatable bonds is 10. The number of para-hydroxylation sites is 2. The van der Waals surface area contributed by atoms with Crippen molar-refractivity contribution in [1.29, 1.82) is 0 Å². The molecule has 2 unspecified atom stereocenters. The lowest BCUT2D eigenvalue weighted by molar-refractivity contribution is -0.139. The van der Waals surface area contributed by atoms with E-state index in [0.29, 0.717) is 17.8 Å². The summed E-state index contributed by atoms with van der Waals surface area (Å²) in [5.41, 5.74) is 20.4. The molecule has 0 saturated heterocycles. The number of nitrogens with zero attached hydrogens (tertiary/aromatic N) is 4. The number of aromatic hydroxyl groups is 2. The number of hydrogen-bond donors (Lipinski definition) is 7. The maximum Gasteiger partial charge on any atom is 0.320 e. The summed E-state index contributed by atoms with van der Waals surface area (Å²) in [6, 6.07) is 35.2. The van der Waals surface area contributed by atoms with Crippen LogP contribution in [-0.4, -0.2) is 70.3 Å². The first-order chi connectivity index (χ1) is 31.2. The highest BCUT2D eigenvalue weighted by Gasteiger charge is 2.23. The fraction of sp³-hybridized carbons (Fsp3) is 0.200. The van der Waals surface area contributed by atoms with Crippen LogP contribution in [0.4, 0.5) is 11.4 Å². The van der Waals surface area contributed by atoms with Crippen LogP contribution in [-0.2, 0) is 22.4 Å². The van der Waals surface area contributed by atoms with Gasteiger partial charge in [0.05, 0.1) is 23.3 Å². The highest BCUT2D eigenvalue weighted by atomic mass is 35.5. The molecule has 13 nitrogen and oxygen atoms in total. The number of carboxylic acid groups (broad SMARTS) is 2. The van der Waals surface area contributed by atoms with E-state index in [9.17, 15) is 14.7 Å². The van der Waals surface area contributed by atoms with Crippen molar-refractivity contribution >= 4 is 63.2 Å². The number of unbranched alkanes of at least 4 members (excludes halogenated alkanes) is 1. The van der Waals surface area contributed by atoms with E-state index in [1.165, 1.54) is 51.7 Å². The Kier molecular flexibility index (Phi) is 16.3. The Morgan fingerprint density at radius 1 is 0.815 bits per heavy atom. The molecule has 336 valence electrons. The van der Waals surface area contributed by atoms with Crippen LogP contribution < -0.4 is 16.4 Å². The zero-order valence-electron chi connectivity index (χ0n) is 36.2. The van der Waals surface area contributed by atoms with E-state index in [1.54, 1.807) is 35.9 Å². The van der Waals surface area contributed by atoms with Crippen LogP contribution in [0.5, 0.6) is 11.6 Å². The summed E-state index contributed by atoms with van der Waals surface area (Å²) >= 11 is 8.00. The predicted octanol–water partition coefficient (Wildman–Crippen LogP) is 9.93. The van der Waals surface area contributed by atoms with Gasteiger partial charge >= 0.3 is 11.9 Å². The molecule has 0 bridgehead atoms. The fourth-order valence-electron chi connectivity index (χ4n) is 6.89. The van der Waals surface area contributed by atoms with Gasteiger partial charge in [-0.1, -0.05) is 109 Å². The highest BCUT2D eigenvalue weighted by Crippen LogP contribution is 2.48. The number of nitrogens with one attached hydrogen (secondary N) is 1. The molecule has 0 fully saturated rings. The molecule has 15 heteroatoms. The largest absolute Gasteiger partial charge is 0.508 e. The number of anilines is 2. The lowest BCUT2D eigenvalue weighted by atomic mass is 10.1. The van der Waals surface area contributed by atoms with Gasteiger partial charge in [0.25, 0.3) is 0 Å². The quantitative estimate of drug-likeness (QED) is 0.0682. The molecule has 5 aromatic carbocycles. The number of aliphatic carboxylic acids is 2. The number of fused-ring (bicyclic) bond motifs is 4. The second kappa shape index (κ2) is 22.2. The predicted molar refractivity (Wildman–Crippen MR) is 259 cm³/mol. The fourth-order valence-corrected chi connectivity index (χ4v) is 8.13. The molecule has 0 amide bonds. The summed E-state index contributed by atoms with van der Waals surface area (Å²) < 4.78 is 1.65. The summed E-state index contributed by atoms with van der Waals surface area (Å²) in [5.74, 6) is -1.67. The van der Waals surface area contributed by atoms with Crippen LogP contribution in [0.1, 0.15) is 42.1 Å². The number of aromatic amines is 1. The summed E-state index contributed by atoms with van der Waals surface area (Å²) in [6.45, 7) is 7.09. The molecule has 0 saturated carbocycles. The summed E-state index contributed by atoms with van der Waals surface area (Å²) in [6.07, 6.45) is 8.28. The van der Waals surface area contributed by atoms with Gasteiger partial charge in [0.1, 0.15) is 23.5 Å². The average molecular weight is 915 g/mol. The number of hydrogen-bond acceptors (Lipinski definition) is 10. The minimum atomic E-state index is -1.02. The topological polar surface area (TPSA) is 216 Å². The number of carbonyl (C=O) groups is 2. The Balaban J connectivity index is 0.000000145. The zero-order chi connectivity index (χ0) is 46.6. The summed E-state index contributed by atoms with van der Waals surface area (Å²) in [5, 5.41) is 37.9. The molecule has 0 aliphatic carbocycles. The number of halogens is 1. The Hall–Kier alpha value is -6.84. The van der Waals surface area contributed by atoms with Crippen LogP contribution in [0.3, 0.4) is 0 Å². The van der Waals surface area contributed by atoms with Crippen molar-refractivity contribution < 1.29 is 30.0 Å². The smallest absolute Gasteiger partial charge is 0.320 e. The van der Waals surface area contributed by atoms with E-state index < -0.39 is 24.0 Å². The molecular formula is C50H52ClN7O6S. The minimum Gasteiger partial charge on any atom is -0.508 e. The van der Waals surface area contributed by atoms with Gasteiger partial charge in [-0.3, -0.25) is 19.0 Å². The molecular weight excluding hydrogens is 862 g/mol. The highest BCUT2D eigenvalue weighted by molar-refractivity contribution is 7.99. The first-order valence-electron chi connectivity index (χ1n) is 21.0. The Labute approximate surface area is 386 Å². The summed E-state index contributed by atoms with van der Waals surface area (Å²) in [7, 11) is 0. The van der Waals surface area contributed by atoms with E-state index in [0.717, 1.165) is 44.9 Å². The normalized spacial score (nSPS) is 12.3. The van der Waals surface area contributed by atoms with Crippen molar-refractivity contribution in [3.8, 4) is 22.9 Å². The van der Waals surface area contributed by atoms with Crippen LogP contribution in [0.25, 0.3) is 27.8 Å². The molecule has 1 aliphatic rings. The number of phenols is 1. The molecule has 9 rings (SSSR count). The van der Waals surface area contributed by atoms with Crippen LogP contribution in [0.2, 0.25) is 5.02 Å². The maximum absolute atomic E-state index is 10.6. The van der Waals surface area contributed by atoms with Crippen molar-refractivity contribution in [3.05, 3.63) is 161 Å². The van der Waals surface area contributed by atoms with Gasteiger partial charge in [-0.2, -0.15) is 0 Å². The van der Waals surface area contributed by atoms with Gasteiger partial charge in [-0.25, -0.2) is 4.98 Å². The second-order valence-corrected chi connectivity index (χ2v) is 16.9. The van der Waals surface area contributed by atoms with Gasteiger partial charge < -0.3 is 41.8 Å². The number of benzene rings is 5. The third-order valence-corrected chi connectivity index (χ3v) is 11.8. The van der Waals surface area contributed by atoms with Crippen molar-refractivity contribution in [2.75, 3.05) is 11.4 Å². The maximum atomic E-state index is 10.6. The molecule has 2 atom stereocenters. The third kappa shape index (κ3) is 12.5. The van der Waals surface area contributed by atoms with Gasteiger partial charge in [-0.15, -0.1) is 0 Å². The van der Waals surface area contributed by atoms with Crippen molar-refractivity contribution in [1.82, 2.24) is 19.4 Å². The van der Waals surface area contributed by atoms with E-state index >= 15 is 0 Å². The van der Waals surface area contributed by atoms with Gasteiger partial charge in [0.2, 0.25) is 5.88 Å². The van der Waals surface area contributed by atoms with Crippen LogP contribution >= 0.6 is 23.4 Å². The number of imidazole rings is 1. The number of nitrogens with two attached hydrogens (primary N) is 2. The van der Waals surface area contributed by atoms with Crippen molar-refractivity contribution in [2.45, 2.75) is 68.3 Å². The van der Waals surface area contributed by atoms with Crippen molar-refractivity contribution in [3.63, 3.8) is 0 Å². The summed E-state index contributed by atoms with van der Waals surface area (Å²) in [4.78, 5) is 37.7. The lowest BCUT2D eigenvalue weighted by Gasteiger charge is -2.32.